The van der Waals surface area contributed by atoms with Crippen molar-refractivity contribution in [3.63, 3.8) is 0 Å². The standard InChI is InChI=1S/C21H26N6O3S/c1-31-6-5-19(21(29)30)26-20(28)16-4-2-3-15(7-16)10-27(11-17-8-22-13-24-17)12-18-9-23-14-25-18/h2-4,7-9,13-14,19H,5-6,10-12H2,1H3,(H,22,24)(H,23,25)(H,26,28)(H,29,30)/t19-/m0/s1. The lowest BCUT2D eigenvalue weighted by atomic mass is 10.1. The number of aliphatic carboxylic acids is 1. The Balaban J connectivity index is 1.70. The van der Waals surface area contributed by atoms with Crippen molar-refractivity contribution in [1.29, 1.82) is 0 Å². The molecule has 10 heteroatoms. The first kappa shape index (κ1) is 22.6. The SMILES string of the molecule is CSCC[C@H](NC(=O)c1cccc(CN(Cc2cnc[nH]2)Cc2cnc[nH]2)c1)C(=O)O. The summed E-state index contributed by atoms with van der Waals surface area (Å²) in [6.07, 6.45) is 9.14. The maximum Gasteiger partial charge on any atom is 0.326 e. The highest BCUT2D eigenvalue weighted by atomic mass is 32.2. The lowest BCUT2D eigenvalue weighted by molar-refractivity contribution is -0.139. The summed E-state index contributed by atoms with van der Waals surface area (Å²) in [4.78, 5) is 40.7. The third-order valence-electron chi connectivity index (χ3n) is 4.71. The molecule has 0 aliphatic heterocycles. The Morgan fingerprint density at radius 3 is 2.35 bits per heavy atom. The Hall–Kier alpha value is -3.11. The number of hydrogen-bond donors (Lipinski definition) is 4. The summed E-state index contributed by atoms with van der Waals surface area (Å²) >= 11 is 1.55. The van der Waals surface area contributed by atoms with Crippen LogP contribution in [0, 0.1) is 0 Å². The third-order valence-corrected chi connectivity index (χ3v) is 5.35. The van der Waals surface area contributed by atoms with E-state index in [4.69, 9.17) is 0 Å². The van der Waals surface area contributed by atoms with Crippen molar-refractivity contribution in [2.75, 3.05) is 12.0 Å². The van der Waals surface area contributed by atoms with E-state index in [9.17, 15) is 14.7 Å². The topological polar surface area (TPSA) is 127 Å². The van der Waals surface area contributed by atoms with Gasteiger partial charge in [-0.05, 0) is 36.1 Å². The average molecular weight is 443 g/mol. The van der Waals surface area contributed by atoms with Gasteiger partial charge in [-0.25, -0.2) is 14.8 Å². The van der Waals surface area contributed by atoms with E-state index in [1.807, 2.05) is 18.4 Å². The van der Waals surface area contributed by atoms with Crippen molar-refractivity contribution in [2.45, 2.75) is 32.1 Å². The van der Waals surface area contributed by atoms with Crippen LogP contribution in [-0.2, 0) is 24.4 Å². The molecular weight excluding hydrogens is 416 g/mol. The number of nitrogens with zero attached hydrogens (tertiary/aromatic N) is 3. The number of aromatic amines is 2. The molecule has 3 rings (SSSR count). The smallest absolute Gasteiger partial charge is 0.326 e. The number of aromatic nitrogens is 4. The number of thioether (sulfide) groups is 1. The van der Waals surface area contributed by atoms with Gasteiger partial charge in [0.05, 0.1) is 12.7 Å². The highest BCUT2D eigenvalue weighted by Gasteiger charge is 2.20. The fourth-order valence-electron chi connectivity index (χ4n) is 3.20. The van der Waals surface area contributed by atoms with Crippen LogP contribution in [0.2, 0.25) is 0 Å². The number of amides is 1. The minimum atomic E-state index is -1.02. The van der Waals surface area contributed by atoms with Gasteiger partial charge in [0.2, 0.25) is 0 Å². The largest absolute Gasteiger partial charge is 0.480 e. The number of rotatable bonds is 12. The normalized spacial score (nSPS) is 12.1. The van der Waals surface area contributed by atoms with Crippen LogP contribution in [0.15, 0.2) is 49.3 Å². The number of carbonyl (C=O) groups excluding carboxylic acids is 1. The summed E-state index contributed by atoms with van der Waals surface area (Å²) in [5.41, 5.74) is 3.34. The van der Waals surface area contributed by atoms with Crippen molar-refractivity contribution in [3.8, 4) is 0 Å². The molecule has 0 spiro atoms. The van der Waals surface area contributed by atoms with E-state index in [1.165, 1.54) is 0 Å². The van der Waals surface area contributed by atoms with E-state index in [1.54, 1.807) is 48.9 Å². The molecule has 3 aromatic rings. The minimum Gasteiger partial charge on any atom is -0.480 e. The zero-order chi connectivity index (χ0) is 22.1. The fourth-order valence-corrected chi connectivity index (χ4v) is 3.67. The number of carboxylic acid groups (broad SMARTS) is 1. The van der Waals surface area contributed by atoms with Crippen LogP contribution in [0.25, 0.3) is 0 Å². The Morgan fingerprint density at radius 1 is 1.13 bits per heavy atom. The predicted octanol–water partition coefficient (Wildman–Crippen LogP) is 2.27. The van der Waals surface area contributed by atoms with Crippen LogP contribution in [-0.4, -0.2) is 59.9 Å². The monoisotopic (exact) mass is 442 g/mol. The van der Waals surface area contributed by atoms with E-state index < -0.39 is 12.0 Å². The maximum atomic E-state index is 12.7. The van der Waals surface area contributed by atoms with Crippen LogP contribution in [0.5, 0.6) is 0 Å². The van der Waals surface area contributed by atoms with Gasteiger partial charge in [0, 0.05) is 49.0 Å². The molecule has 0 saturated carbocycles. The molecule has 1 atom stereocenters. The summed E-state index contributed by atoms with van der Waals surface area (Å²) in [6.45, 7) is 1.88. The third kappa shape index (κ3) is 6.97. The maximum absolute atomic E-state index is 12.7. The van der Waals surface area contributed by atoms with Gasteiger partial charge in [0.1, 0.15) is 6.04 Å². The Kier molecular flexibility index (Phi) is 8.25. The number of hydrogen-bond acceptors (Lipinski definition) is 6. The molecule has 0 unspecified atom stereocenters. The highest BCUT2D eigenvalue weighted by molar-refractivity contribution is 7.98. The van der Waals surface area contributed by atoms with Gasteiger partial charge in [-0.2, -0.15) is 11.8 Å². The molecule has 0 aliphatic carbocycles. The Bertz CT molecular complexity index is 925. The predicted molar refractivity (Wildman–Crippen MR) is 118 cm³/mol. The van der Waals surface area contributed by atoms with Crippen molar-refractivity contribution in [3.05, 3.63) is 71.8 Å². The van der Waals surface area contributed by atoms with Crippen molar-refractivity contribution in [2.24, 2.45) is 0 Å². The van der Waals surface area contributed by atoms with Gasteiger partial charge in [-0.3, -0.25) is 9.69 Å². The first-order chi connectivity index (χ1) is 15.0. The average Bonchev–Trinajstić information content (AvgIpc) is 3.45. The van der Waals surface area contributed by atoms with Gasteiger partial charge < -0.3 is 20.4 Å². The lowest BCUT2D eigenvalue weighted by Gasteiger charge is -2.21. The van der Waals surface area contributed by atoms with Gasteiger partial charge in [0.25, 0.3) is 5.91 Å². The number of carboxylic acids is 1. The van der Waals surface area contributed by atoms with Crippen LogP contribution in [0.1, 0.15) is 33.7 Å². The first-order valence-electron chi connectivity index (χ1n) is 9.83. The molecule has 164 valence electrons. The number of imidazole rings is 2. The van der Waals surface area contributed by atoms with Crippen LogP contribution < -0.4 is 5.32 Å². The fraction of sp³-hybridized carbons (Fsp3) is 0.333. The molecule has 1 amide bonds. The van der Waals surface area contributed by atoms with Gasteiger partial charge in [-0.1, -0.05) is 12.1 Å². The second-order valence-corrected chi connectivity index (χ2v) is 8.13. The number of nitrogens with one attached hydrogen (secondary N) is 3. The summed E-state index contributed by atoms with van der Waals surface area (Å²) in [7, 11) is 0. The van der Waals surface area contributed by atoms with Crippen molar-refractivity contribution in [1.82, 2.24) is 30.2 Å². The van der Waals surface area contributed by atoms with Gasteiger partial charge in [0.15, 0.2) is 0 Å². The van der Waals surface area contributed by atoms with E-state index in [0.29, 0.717) is 37.4 Å². The molecule has 0 bridgehead atoms. The molecule has 0 saturated heterocycles. The number of carbonyl (C=O) groups is 2. The molecule has 9 nitrogen and oxygen atoms in total. The summed E-state index contributed by atoms with van der Waals surface area (Å²) < 4.78 is 0. The zero-order valence-electron chi connectivity index (χ0n) is 17.2. The van der Waals surface area contributed by atoms with Crippen LogP contribution in [0.3, 0.4) is 0 Å². The van der Waals surface area contributed by atoms with Gasteiger partial charge in [-0.15, -0.1) is 0 Å². The van der Waals surface area contributed by atoms with Gasteiger partial charge >= 0.3 is 5.97 Å². The molecule has 1 aromatic carbocycles. The number of benzene rings is 1. The van der Waals surface area contributed by atoms with Crippen molar-refractivity contribution >= 4 is 23.6 Å². The van der Waals surface area contributed by atoms with Crippen LogP contribution in [0.4, 0.5) is 0 Å². The first-order valence-corrected chi connectivity index (χ1v) is 11.2. The summed E-state index contributed by atoms with van der Waals surface area (Å²) in [5, 5.41) is 12.0. The van der Waals surface area contributed by atoms with E-state index in [0.717, 1.165) is 17.0 Å². The second-order valence-electron chi connectivity index (χ2n) is 7.14. The molecule has 31 heavy (non-hydrogen) atoms. The highest BCUT2D eigenvalue weighted by Crippen LogP contribution is 2.14. The minimum absolute atomic E-state index is 0.379. The molecular formula is C21H26N6O3S. The molecule has 0 radical (unpaired) electrons. The second kappa shape index (κ2) is 11.3. The summed E-state index contributed by atoms with van der Waals surface area (Å²) in [5.74, 6) is -0.749. The van der Waals surface area contributed by atoms with Crippen molar-refractivity contribution < 1.29 is 14.7 Å². The Morgan fingerprint density at radius 2 is 1.81 bits per heavy atom. The number of H-pyrrole nitrogens is 2. The molecule has 0 aliphatic rings. The van der Waals surface area contributed by atoms with E-state index in [-0.39, 0.29) is 5.91 Å². The molecule has 2 aromatic heterocycles. The van der Waals surface area contributed by atoms with Crippen LogP contribution >= 0.6 is 11.8 Å². The molecule has 4 N–H and O–H groups in total. The Labute approximate surface area is 184 Å². The van der Waals surface area contributed by atoms with E-state index in [2.05, 4.69) is 30.2 Å². The lowest BCUT2D eigenvalue weighted by Crippen LogP contribution is -2.41. The van der Waals surface area contributed by atoms with E-state index >= 15 is 0 Å². The summed E-state index contributed by atoms with van der Waals surface area (Å²) in [6, 6.07) is 6.36. The zero-order valence-corrected chi connectivity index (χ0v) is 18.1. The molecule has 0 fully saturated rings. The molecule has 2 heterocycles. The quantitative estimate of drug-likeness (QED) is 0.339.